The lowest BCUT2D eigenvalue weighted by Crippen LogP contribution is -2.28. The first-order valence-electron chi connectivity index (χ1n) is 3.75. The van der Waals surface area contributed by atoms with Gasteiger partial charge in [-0.15, -0.1) is 17.8 Å². The third-order valence-electron chi connectivity index (χ3n) is 1.45. The summed E-state index contributed by atoms with van der Waals surface area (Å²) in [7, 11) is 0. The Morgan fingerprint density at radius 1 is 1.69 bits per heavy atom. The molecule has 1 rings (SSSR count). The van der Waals surface area contributed by atoms with E-state index in [1.807, 2.05) is 12.3 Å². The second-order valence-corrected chi connectivity index (χ2v) is 3.63. The van der Waals surface area contributed by atoms with Crippen LogP contribution in [0.1, 0.15) is 5.56 Å². The quantitative estimate of drug-likeness (QED) is 0.576. The fourth-order valence-corrected chi connectivity index (χ4v) is 1.75. The Hall–Kier alpha value is -1.05. The Labute approximate surface area is 87.4 Å². The molecule has 1 aromatic heterocycles. The van der Waals surface area contributed by atoms with Crippen molar-refractivity contribution in [2.75, 3.05) is 11.9 Å². The van der Waals surface area contributed by atoms with E-state index in [1.54, 1.807) is 11.3 Å². The van der Waals surface area contributed by atoms with Crippen LogP contribution in [0.4, 0.5) is 5.69 Å². The lowest BCUT2D eigenvalue weighted by atomic mass is 10.3. The SMILES string of the molecule is C#CCNC(=S)Nc1cscc1C. The van der Waals surface area contributed by atoms with Gasteiger partial charge in [-0.2, -0.15) is 0 Å². The van der Waals surface area contributed by atoms with E-state index in [9.17, 15) is 0 Å². The van der Waals surface area contributed by atoms with Gasteiger partial charge in [0.25, 0.3) is 0 Å². The summed E-state index contributed by atoms with van der Waals surface area (Å²) in [6.45, 7) is 2.48. The molecule has 0 spiro atoms. The number of rotatable bonds is 2. The molecule has 2 nitrogen and oxygen atoms in total. The molecular formula is C9H10N2S2. The van der Waals surface area contributed by atoms with E-state index < -0.39 is 0 Å². The second-order valence-electron chi connectivity index (χ2n) is 2.48. The van der Waals surface area contributed by atoms with Crippen LogP contribution in [0.5, 0.6) is 0 Å². The van der Waals surface area contributed by atoms with Crippen molar-refractivity contribution in [3.63, 3.8) is 0 Å². The lowest BCUT2D eigenvalue weighted by Gasteiger charge is -2.07. The van der Waals surface area contributed by atoms with Crippen molar-refractivity contribution >= 4 is 34.4 Å². The molecule has 0 fully saturated rings. The van der Waals surface area contributed by atoms with E-state index in [-0.39, 0.29) is 0 Å². The first-order chi connectivity index (χ1) is 6.24. The van der Waals surface area contributed by atoms with Gasteiger partial charge in [-0.05, 0) is 30.1 Å². The predicted octanol–water partition coefficient (Wildman–Crippen LogP) is 1.98. The fourth-order valence-electron chi connectivity index (χ4n) is 0.786. The summed E-state index contributed by atoms with van der Waals surface area (Å²) in [4.78, 5) is 0. The van der Waals surface area contributed by atoms with Crippen molar-refractivity contribution in [2.24, 2.45) is 0 Å². The number of anilines is 1. The highest BCUT2D eigenvalue weighted by Crippen LogP contribution is 2.18. The standard InChI is InChI=1S/C9H10N2S2/c1-3-4-10-9(12)11-8-6-13-5-7(8)2/h1,5-6H,4H2,2H3,(H2,10,11,12). The first-order valence-corrected chi connectivity index (χ1v) is 5.10. The molecule has 2 N–H and O–H groups in total. The third-order valence-corrected chi connectivity index (χ3v) is 2.56. The van der Waals surface area contributed by atoms with Crippen LogP contribution in [0, 0.1) is 19.3 Å². The minimum absolute atomic E-state index is 0.453. The summed E-state index contributed by atoms with van der Waals surface area (Å²) < 4.78 is 0. The molecule has 68 valence electrons. The first kappa shape index (κ1) is 10.0. The lowest BCUT2D eigenvalue weighted by molar-refractivity contribution is 1.09. The third kappa shape index (κ3) is 3.05. The Bertz CT molecular complexity index is 336. The largest absolute Gasteiger partial charge is 0.352 e. The van der Waals surface area contributed by atoms with Gasteiger partial charge in [0.05, 0.1) is 12.2 Å². The summed E-state index contributed by atoms with van der Waals surface area (Å²) in [5.74, 6) is 2.46. The monoisotopic (exact) mass is 210 g/mol. The Balaban J connectivity index is 2.46. The molecule has 0 amide bonds. The molecule has 0 atom stereocenters. The molecule has 0 aliphatic heterocycles. The Morgan fingerprint density at radius 2 is 2.46 bits per heavy atom. The van der Waals surface area contributed by atoms with Gasteiger partial charge in [0.15, 0.2) is 5.11 Å². The summed E-state index contributed by atoms with van der Waals surface area (Å²) in [5, 5.41) is 10.6. The van der Waals surface area contributed by atoms with Crippen LogP contribution in [-0.2, 0) is 0 Å². The van der Waals surface area contributed by atoms with E-state index >= 15 is 0 Å². The predicted molar refractivity (Wildman–Crippen MR) is 62.1 cm³/mol. The van der Waals surface area contributed by atoms with Gasteiger partial charge in [0.2, 0.25) is 0 Å². The average molecular weight is 210 g/mol. The number of hydrogen-bond acceptors (Lipinski definition) is 2. The van der Waals surface area contributed by atoms with Crippen molar-refractivity contribution in [2.45, 2.75) is 6.92 Å². The molecule has 1 aromatic rings. The molecular weight excluding hydrogens is 200 g/mol. The van der Waals surface area contributed by atoms with Crippen LogP contribution in [0.25, 0.3) is 0 Å². The molecule has 0 radical (unpaired) electrons. The van der Waals surface area contributed by atoms with E-state index in [0.29, 0.717) is 11.7 Å². The van der Waals surface area contributed by atoms with Crippen LogP contribution < -0.4 is 10.6 Å². The molecule has 0 unspecified atom stereocenters. The Morgan fingerprint density at radius 3 is 3.00 bits per heavy atom. The summed E-state index contributed by atoms with van der Waals surface area (Å²) >= 11 is 6.66. The molecule has 1 heterocycles. The number of thiocarbonyl (C=S) groups is 1. The highest BCUT2D eigenvalue weighted by molar-refractivity contribution is 7.80. The van der Waals surface area contributed by atoms with E-state index in [0.717, 1.165) is 5.69 Å². The maximum absolute atomic E-state index is 5.08. The van der Waals surface area contributed by atoms with Crippen LogP contribution in [0.3, 0.4) is 0 Å². The normalized spacial score (nSPS) is 8.92. The molecule has 0 saturated carbocycles. The number of hydrogen-bond donors (Lipinski definition) is 2. The summed E-state index contributed by atoms with van der Waals surface area (Å²) in [6, 6.07) is 0. The average Bonchev–Trinajstić information content (AvgIpc) is 2.48. The van der Waals surface area contributed by atoms with Gasteiger partial charge in [-0.25, -0.2) is 0 Å². The minimum Gasteiger partial charge on any atom is -0.352 e. The van der Waals surface area contributed by atoms with Crippen molar-refractivity contribution in [3.8, 4) is 12.3 Å². The molecule has 0 aliphatic rings. The maximum atomic E-state index is 5.08. The van der Waals surface area contributed by atoms with Gasteiger partial charge in [0.1, 0.15) is 0 Å². The number of nitrogens with one attached hydrogen (secondary N) is 2. The van der Waals surface area contributed by atoms with Crippen LogP contribution in [0.2, 0.25) is 0 Å². The number of terminal acetylenes is 1. The van der Waals surface area contributed by atoms with Gasteiger partial charge >= 0.3 is 0 Å². The summed E-state index contributed by atoms with van der Waals surface area (Å²) in [5.41, 5.74) is 2.23. The van der Waals surface area contributed by atoms with E-state index in [4.69, 9.17) is 18.6 Å². The van der Waals surface area contributed by atoms with Gasteiger partial charge in [0, 0.05) is 5.38 Å². The summed E-state index contributed by atoms with van der Waals surface area (Å²) in [6.07, 6.45) is 5.08. The molecule has 0 saturated heterocycles. The van der Waals surface area contributed by atoms with E-state index in [2.05, 4.69) is 21.9 Å². The zero-order chi connectivity index (χ0) is 9.68. The number of thiophene rings is 1. The highest BCUT2D eigenvalue weighted by Gasteiger charge is 1.99. The zero-order valence-corrected chi connectivity index (χ0v) is 8.89. The highest BCUT2D eigenvalue weighted by atomic mass is 32.1. The molecule has 13 heavy (non-hydrogen) atoms. The molecule has 0 aromatic carbocycles. The van der Waals surface area contributed by atoms with Gasteiger partial charge in [-0.1, -0.05) is 5.92 Å². The fraction of sp³-hybridized carbons (Fsp3) is 0.222. The molecule has 4 heteroatoms. The van der Waals surface area contributed by atoms with Gasteiger partial charge in [-0.3, -0.25) is 0 Å². The number of aryl methyl sites for hydroxylation is 1. The van der Waals surface area contributed by atoms with Crippen LogP contribution in [0.15, 0.2) is 10.8 Å². The maximum Gasteiger partial charge on any atom is 0.171 e. The zero-order valence-electron chi connectivity index (χ0n) is 7.26. The molecule has 0 bridgehead atoms. The van der Waals surface area contributed by atoms with Crippen LogP contribution >= 0.6 is 23.6 Å². The van der Waals surface area contributed by atoms with Crippen molar-refractivity contribution in [1.82, 2.24) is 5.32 Å². The van der Waals surface area contributed by atoms with E-state index in [1.165, 1.54) is 5.56 Å². The second kappa shape index (κ2) is 4.85. The van der Waals surface area contributed by atoms with Gasteiger partial charge < -0.3 is 10.6 Å². The van der Waals surface area contributed by atoms with Crippen molar-refractivity contribution < 1.29 is 0 Å². The van der Waals surface area contributed by atoms with Crippen molar-refractivity contribution in [3.05, 3.63) is 16.3 Å². The minimum atomic E-state index is 0.453. The Kier molecular flexibility index (Phi) is 3.74. The smallest absolute Gasteiger partial charge is 0.171 e. The topological polar surface area (TPSA) is 24.1 Å². The van der Waals surface area contributed by atoms with Crippen molar-refractivity contribution in [1.29, 1.82) is 0 Å². The molecule has 0 aliphatic carbocycles. The van der Waals surface area contributed by atoms with Crippen LogP contribution in [-0.4, -0.2) is 11.7 Å².